The maximum atomic E-state index is 11.4. The molecule has 1 saturated carbocycles. The zero-order valence-electron chi connectivity index (χ0n) is 16.8. The number of benzene rings is 2. The summed E-state index contributed by atoms with van der Waals surface area (Å²) in [6, 6.07) is 16.6. The van der Waals surface area contributed by atoms with Crippen LogP contribution in [0.5, 0.6) is 5.75 Å². The van der Waals surface area contributed by atoms with Gasteiger partial charge in [-0.15, -0.1) is 0 Å². The molecule has 28 heavy (non-hydrogen) atoms. The summed E-state index contributed by atoms with van der Waals surface area (Å²) in [7, 11) is 0. The molecule has 4 heteroatoms. The van der Waals surface area contributed by atoms with Gasteiger partial charge in [-0.3, -0.25) is 4.79 Å². The summed E-state index contributed by atoms with van der Waals surface area (Å²) < 4.78 is 6.15. The maximum Gasteiger partial charge on any atom is 0.159 e. The van der Waals surface area contributed by atoms with Gasteiger partial charge >= 0.3 is 0 Å². The van der Waals surface area contributed by atoms with Gasteiger partial charge in [-0.05, 0) is 81.1 Å². The van der Waals surface area contributed by atoms with Gasteiger partial charge in [0.25, 0.3) is 0 Å². The van der Waals surface area contributed by atoms with Gasteiger partial charge in [0.05, 0.1) is 6.10 Å². The van der Waals surface area contributed by atoms with Crippen molar-refractivity contribution in [3.63, 3.8) is 0 Å². The zero-order valence-corrected chi connectivity index (χ0v) is 16.8. The second kappa shape index (κ2) is 8.68. The molecule has 0 aromatic heterocycles. The van der Waals surface area contributed by atoms with E-state index in [1.807, 2.05) is 12.1 Å². The quantitative estimate of drug-likeness (QED) is 0.691. The third-order valence-corrected chi connectivity index (χ3v) is 5.98. The van der Waals surface area contributed by atoms with Crippen LogP contribution in [-0.4, -0.2) is 38.1 Å². The highest BCUT2D eigenvalue weighted by Crippen LogP contribution is 2.26. The van der Waals surface area contributed by atoms with E-state index in [0.717, 1.165) is 37.5 Å². The second-order valence-corrected chi connectivity index (χ2v) is 7.95. The Kier molecular flexibility index (Phi) is 5.84. The third-order valence-electron chi connectivity index (χ3n) is 5.98. The first-order valence-electron chi connectivity index (χ1n) is 10.6. The molecule has 0 unspecified atom stereocenters. The Balaban J connectivity index is 1.31. The predicted octanol–water partition coefficient (Wildman–Crippen LogP) is 4.93. The number of hydrogen-bond donors (Lipinski definition) is 0. The van der Waals surface area contributed by atoms with Gasteiger partial charge in [-0.25, -0.2) is 0 Å². The van der Waals surface area contributed by atoms with Crippen LogP contribution in [0.1, 0.15) is 49.4 Å². The van der Waals surface area contributed by atoms with E-state index in [0.29, 0.717) is 6.10 Å². The molecule has 2 aromatic carbocycles. The number of anilines is 2. The molecule has 2 aliphatic rings. The van der Waals surface area contributed by atoms with Crippen molar-refractivity contribution in [1.82, 2.24) is 0 Å². The highest BCUT2D eigenvalue weighted by atomic mass is 16.5. The van der Waals surface area contributed by atoms with Gasteiger partial charge in [0.2, 0.25) is 0 Å². The Morgan fingerprint density at radius 1 is 0.786 bits per heavy atom. The Bertz CT molecular complexity index is 771. The lowest BCUT2D eigenvalue weighted by atomic mass is 9.98. The molecular weight excluding hydrogens is 348 g/mol. The number of ether oxygens (including phenoxy) is 1. The lowest BCUT2D eigenvalue weighted by Gasteiger charge is -2.37. The Morgan fingerprint density at radius 3 is 1.79 bits per heavy atom. The SMILES string of the molecule is CC(=O)c1ccc(N2CCN(c3ccc(OC4CCCCC4)cc3)CC2)cc1. The van der Waals surface area contributed by atoms with Crippen LogP contribution in [0.4, 0.5) is 11.4 Å². The summed E-state index contributed by atoms with van der Waals surface area (Å²) in [6.45, 7) is 5.58. The van der Waals surface area contributed by atoms with Crippen LogP contribution in [0.15, 0.2) is 48.5 Å². The number of hydrogen-bond acceptors (Lipinski definition) is 4. The number of nitrogens with zero attached hydrogens (tertiary/aromatic N) is 2. The fourth-order valence-corrected chi connectivity index (χ4v) is 4.24. The van der Waals surface area contributed by atoms with Crippen molar-refractivity contribution < 1.29 is 9.53 Å². The number of carbonyl (C=O) groups excluding carboxylic acids is 1. The standard InChI is InChI=1S/C24H30N2O2/c1-19(27)20-7-9-21(10-8-20)25-15-17-26(18-16-25)22-11-13-24(14-12-22)28-23-5-3-2-4-6-23/h7-14,23H,2-6,15-18H2,1H3. The minimum absolute atomic E-state index is 0.118. The van der Waals surface area contributed by atoms with Crippen LogP contribution in [0.2, 0.25) is 0 Å². The van der Waals surface area contributed by atoms with Crippen LogP contribution >= 0.6 is 0 Å². The fraction of sp³-hybridized carbons (Fsp3) is 0.458. The highest BCUT2D eigenvalue weighted by Gasteiger charge is 2.18. The van der Waals surface area contributed by atoms with Gasteiger partial charge < -0.3 is 14.5 Å². The minimum Gasteiger partial charge on any atom is -0.490 e. The Morgan fingerprint density at radius 2 is 1.29 bits per heavy atom. The molecule has 1 aliphatic heterocycles. The molecule has 0 bridgehead atoms. The average molecular weight is 379 g/mol. The normalized spacial score (nSPS) is 18.2. The van der Waals surface area contributed by atoms with Gasteiger partial charge in [-0.1, -0.05) is 6.42 Å². The molecule has 0 spiro atoms. The average Bonchev–Trinajstić information content (AvgIpc) is 2.75. The molecule has 4 rings (SSSR count). The lowest BCUT2D eigenvalue weighted by molar-refractivity contribution is 0.101. The smallest absolute Gasteiger partial charge is 0.159 e. The molecule has 0 N–H and O–H groups in total. The van der Waals surface area contributed by atoms with E-state index in [1.165, 1.54) is 43.5 Å². The van der Waals surface area contributed by atoms with Crippen LogP contribution in [0.25, 0.3) is 0 Å². The van der Waals surface area contributed by atoms with Crippen molar-refractivity contribution in [2.45, 2.75) is 45.1 Å². The van der Waals surface area contributed by atoms with Gasteiger partial charge in [-0.2, -0.15) is 0 Å². The first-order valence-corrected chi connectivity index (χ1v) is 10.6. The monoisotopic (exact) mass is 378 g/mol. The predicted molar refractivity (Wildman–Crippen MR) is 115 cm³/mol. The van der Waals surface area contributed by atoms with Crippen LogP contribution in [0.3, 0.4) is 0 Å². The first-order chi connectivity index (χ1) is 13.7. The molecule has 0 atom stereocenters. The number of ketones is 1. The van der Waals surface area contributed by atoms with Crippen molar-refractivity contribution in [3.8, 4) is 5.75 Å². The third kappa shape index (κ3) is 4.49. The fourth-order valence-electron chi connectivity index (χ4n) is 4.24. The maximum absolute atomic E-state index is 11.4. The van der Waals surface area contributed by atoms with E-state index < -0.39 is 0 Å². The van der Waals surface area contributed by atoms with E-state index in [1.54, 1.807) is 6.92 Å². The molecule has 1 aliphatic carbocycles. The molecule has 1 heterocycles. The van der Waals surface area contributed by atoms with Crippen LogP contribution < -0.4 is 14.5 Å². The van der Waals surface area contributed by atoms with E-state index >= 15 is 0 Å². The van der Waals surface area contributed by atoms with Gasteiger partial charge in [0.1, 0.15) is 5.75 Å². The molecule has 1 saturated heterocycles. The van der Waals surface area contributed by atoms with E-state index in [9.17, 15) is 4.79 Å². The topological polar surface area (TPSA) is 32.8 Å². The van der Waals surface area contributed by atoms with E-state index in [2.05, 4.69) is 46.2 Å². The summed E-state index contributed by atoms with van der Waals surface area (Å²) in [5.74, 6) is 1.12. The second-order valence-electron chi connectivity index (χ2n) is 7.95. The Hall–Kier alpha value is -2.49. The number of carbonyl (C=O) groups is 1. The molecule has 0 radical (unpaired) electrons. The van der Waals surface area contributed by atoms with E-state index in [-0.39, 0.29) is 5.78 Å². The largest absolute Gasteiger partial charge is 0.490 e. The first kappa shape index (κ1) is 18.9. The van der Waals surface area contributed by atoms with Crippen molar-refractivity contribution in [3.05, 3.63) is 54.1 Å². The van der Waals surface area contributed by atoms with Gasteiger partial charge in [0.15, 0.2) is 5.78 Å². The summed E-state index contributed by atoms with van der Waals surface area (Å²) in [6.07, 6.45) is 6.73. The van der Waals surface area contributed by atoms with Gasteiger partial charge in [0, 0.05) is 43.1 Å². The lowest BCUT2D eigenvalue weighted by Crippen LogP contribution is -2.46. The van der Waals surface area contributed by atoms with E-state index in [4.69, 9.17) is 4.74 Å². The molecule has 4 nitrogen and oxygen atoms in total. The molecule has 2 aromatic rings. The van der Waals surface area contributed by atoms with Crippen molar-refractivity contribution in [2.75, 3.05) is 36.0 Å². The van der Waals surface area contributed by atoms with Crippen LogP contribution in [0, 0.1) is 0 Å². The number of Topliss-reactive ketones (excluding diaryl/α,β-unsaturated/α-hetero) is 1. The highest BCUT2D eigenvalue weighted by molar-refractivity contribution is 5.94. The molecular formula is C24H30N2O2. The summed E-state index contributed by atoms with van der Waals surface area (Å²) in [5.41, 5.74) is 3.24. The van der Waals surface area contributed by atoms with Crippen LogP contribution in [-0.2, 0) is 0 Å². The number of piperazine rings is 1. The zero-order chi connectivity index (χ0) is 19.3. The van der Waals surface area contributed by atoms with Crippen molar-refractivity contribution >= 4 is 17.2 Å². The number of rotatable bonds is 5. The Labute approximate surface area is 168 Å². The molecule has 148 valence electrons. The summed E-state index contributed by atoms with van der Waals surface area (Å²) >= 11 is 0. The van der Waals surface area contributed by atoms with Crippen molar-refractivity contribution in [1.29, 1.82) is 0 Å². The summed E-state index contributed by atoms with van der Waals surface area (Å²) in [4.78, 5) is 16.3. The molecule has 2 fully saturated rings. The van der Waals surface area contributed by atoms with Crippen molar-refractivity contribution in [2.24, 2.45) is 0 Å². The minimum atomic E-state index is 0.118. The summed E-state index contributed by atoms with van der Waals surface area (Å²) in [5, 5.41) is 0. The molecule has 0 amide bonds.